The average Bonchev–Trinajstić information content (AvgIpc) is 2.84. The number of amides is 1. The van der Waals surface area contributed by atoms with E-state index in [2.05, 4.69) is 21.2 Å². The molecule has 1 N–H and O–H groups in total. The summed E-state index contributed by atoms with van der Waals surface area (Å²) in [5, 5.41) is 3.37. The van der Waals surface area contributed by atoms with E-state index in [1.54, 1.807) is 37.3 Å². The van der Waals surface area contributed by atoms with E-state index in [1.807, 2.05) is 32.9 Å². The van der Waals surface area contributed by atoms with Crippen LogP contribution in [0, 0.1) is 13.8 Å². The van der Waals surface area contributed by atoms with Gasteiger partial charge in [0.25, 0.3) is 10.0 Å². The number of ether oxygens (including phenoxy) is 1. The molecule has 0 aliphatic rings. The fourth-order valence-electron chi connectivity index (χ4n) is 3.91. The maximum Gasteiger partial charge on any atom is 0.268 e. The Balaban J connectivity index is 2.09. The third kappa shape index (κ3) is 6.05. The highest BCUT2D eigenvalue weighted by atomic mass is 79.9. The van der Waals surface area contributed by atoms with Crippen molar-refractivity contribution in [2.75, 3.05) is 23.3 Å². The summed E-state index contributed by atoms with van der Waals surface area (Å²) in [4.78, 5) is 13.3. The fourth-order valence-corrected chi connectivity index (χ4v) is 6.29. The molecule has 6 nitrogen and oxygen atoms in total. The van der Waals surface area contributed by atoms with E-state index in [1.165, 1.54) is 13.2 Å². The first-order valence-corrected chi connectivity index (χ1v) is 14.2. The Morgan fingerprint density at radius 1 is 1.03 bits per heavy atom. The van der Waals surface area contributed by atoms with Crippen LogP contribution >= 0.6 is 27.5 Å². The number of halogens is 2. The molecule has 36 heavy (non-hydrogen) atoms. The lowest BCUT2D eigenvalue weighted by Crippen LogP contribution is -2.38. The van der Waals surface area contributed by atoms with Crippen LogP contribution < -0.4 is 14.4 Å². The van der Waals surface area contributed by atoms with E-state index in [-0.39, 0.29) is 16.3 Å². The fraction of sp³-hybridized carbons (Fsp3) is 0.296. The number of rotatable bonds is 9. The van der Waals surface area contributed by atoms with Gasteiger partial charge in [-0.05, 0) is 85.3 Å². The van der Waals surface area contributed by atoms with E-state index in [9.17, 15) is 13.2 Å². The molecule has 0 radical (unpaired) electrons. The van der Waals surface area contributed by atoms with Crippen LogP contribution in [-0.2, 0) is 27.7 Å². The zero-order valence-electron chi connectivity index (χ0n) is 21.0. The summed E-state index contributed by atoms with van der Waals surface area (Å²) < 4.78 is 35.3. The number of benzene rings is 3. The Morgan fingerprint density at radius 2 is 1.67 bits per heavy atom. The van der Waals surface area contributed by atoms with Gasteiger partial charge in [-0.25, -0.2) is 8.42 Å². The number of sulfonamides is 1. The summed E-state index contributed by atoms with van der Waals surface area (Å²) in [6.07, 6.45) is 1.41. The minimum Gasteiger partial charge on any atom is -0.495 e. The Hall–Kier alpha value is -2.55. The molecule has 0 atom stereocenters. The highest BCUT2D eigenvalue weighted by molar-refractivity contribution is 9.10. The molecule has 0 saturated heterocycles. The molecule has 0 fully saturated rings. The van der Waals surface area contributed by atoms with Crippen LogP contribution in [-0.4, -0.2) is 28.0 Å². The van der Waals surface area contributed by atoms with Crippen LogP contribution in [0.15, 0.2) is 57.9 Å². The van der Waals surface area contributed by atoms with Crippen molar-refractivity contribution in [3.8, 4) is 5.75 Å². The van der Waals surface area contributed by atoms with Crippen LogP contribution in [0.4, 0.5) is 11.4 Å². The van der Waals surface area contributed by atoms with Crippen molar-refractivity contribution in [2.24, 2.45) is 0 Å². The molecule has 0 saturated carbocycles. The summed E-state index contributed by atoms with van der Waals surface area (Å²) in [6, 6.07) is 13.7. The van der Waals surface area contributed by atoms with Crippen LogP contribution in [0.25, 0.3) is 0 Å². The van der Waals surface area contributed by atoms with E-state index in [0.717, 1.165) is 31.0 Å². The molecule has 0 unspecified atom stereocenters. The third-order valence-corrected chi connectivity index (χ3v) is 8.57. The second-order valence-electron chi connectivity index (χ2n) is 8.45. The first-order chi connectivity index (χ1) is 17.0. The lowest BCUT2D eigenvalue weighted by atomic mass is 10.0. The van der Waals surface area contributed by atoms with Crippen LogP contribution in [0.5, 0.6) is 5.75 Å². The number of carbonyl (C=O) groups excluding carboxylic acids is 1. The smallest absolute Gasteiger partial charge is 0.268 e. The topological polar surface area (TPSA) is 75.7 Å². The zero-order chi connectivity index (χ0) is 26.6. The summed E-state index contributed by atoms with van der Waals surface area (Å²) in [5.74, 6) is -0.271. The van der Waals surface area contributed by atoms with Crippen LogP contribution in [0.1, 0.15) is 36.1 Å². The number of anilines is 2. The van der Waals surface area contributed by atoms with E-state index >= 15 is 0 Å². The molecule has 0 aliphatic heterocycles. The van der Waals surface area contributed by atoms with Crippen molar-refractivity contribution in [3.63, 3.8) is 0 Å². The van der Waals surface area contributed by atoms with Crippen molar-refractivity contribution < 1.29 is 17.9 Å². The second kappa shape index (κ2) is 11.7. The summed E-state index contributed by atoms with van der Waals surface area (Å²) in [6.45, 7) is 7.19. The Kier molecular flexibility index (Phi) is 9.08. The second-order valence-corrected chi connectivity index (χ2v) is 11.6. The molecule has 3 aromatic carbocycles. The van der Waals surface area contributed by atoms with Crippen LogP contribution in [0.2, 0.25) is 5.02 Å². The lowest BCUT2D eigenvalue weighted by molar-refractivity contribution is -0.114. The molecule has 0 spiro atoms. The van der Waals surface area contributed by atoms with Gasteiger partial charge in [0.1, 0.15) is 17.2 Å². The Bertz CT molecular complexity index is 1370. The van der Waals surface area contributed by atoms with Crippen molar-refractivity contribution >= 4 is 54.8 Å². The minimum absolute atomic E-state index is 0.0263. The highest BCUT2D eigenvalue weighted by Gasteiger charge is 2.31. The highest BCUT2D eigenvalue weighted by Crippen LogP contribution is 2.33. The summed E-state index contributed by atoms with van der Waals surface area (Å²) >= 11 is 9.87. The van der Waals surface area contributed by atoms with E-state index in [4.69, 9.17) is 16.3 Å². The van der Waals surface area contributed by atoms with E-state index in [0.29, 0.717) is 23.6 Å². The molecule has 3 rings (SSSR count). The van der Waals surface area contributed by atoms with Gasteiger partial charge < -0.3 is 10.1 Å². The third-order valence-electron chi connectivity index (χ3n) is 5.91. The van der Waals surface area contributed by atoms with E-state index < -0.39 is 22.5 Å². The molecule has 9 heteroatoms. The lowest BCUT2D eigenvalue weighted by Gasteiger charge is -2.26. The molecule has 3 aromatic rings. The van der Waals surface area contributed by atoms with Gasteiger partial charge in [-0.1, -0.05) is 53.5 Å². The summed E-state index contributed by atoms with van der Waals surface area (Å²) in [7, 11) is -2.78. The summed E-state index contributed by atoms with van der Waals surface area (Å²) in [5.41, 5.74) is 4.46. The number of nitrogens with one attached hydrogen (secondary N) is 1. The van der Waals surface area contributed by atoms with Gasteiger partial charge in [-0.3, -0.25) is 9.10 Å². The van der Waals surface area contributed by atoms with Gasteiger partial charge in [-0.15, -0.1) is 0 Å². The minimum atomic E-state index is -4.19. The van der Waals surface area contributed by atoms with Crippen molar-refractivity contribution in [2.45, 2.75) is 45.4 Å². The SMILES string of the molecule is CCc1cc(Br)cc(CC)c1NC(=O)CN(c1ccc(C)c(Cl)c1)S(=O)(=O)c1cc(C)ccc1OC. The number of nitrogens with zero attached hydrogens (tertiary/aromatic N) is 1. The zero-order valence-corrected chi connectivity index (χ0v) is 24.1. The maximum atomic E-state index is 14.0. The van der Waals surface area contributed by atoms with Gasteiger partial charge in [0.05, 0.1) is 12.8 Å². The normalized spacial score (nSPS) is 11.3. The standard InChI is InChI=1S/C27H30BrClN2O4S/c1-6-19-13-21(28)14-20(7-2)27(19)30-26(32)16-31(22-10-9-18(4)23(29)15-22)36(33,34)25-12-17(3)8-11-24(25)35-5/h8-15H,6-7,16H2,1-5H3,(H,30,32). The Labute approximate surface area is 226 Å². The number of methoxy groups -OCH3 is 1. The number of aryl methyl sites for hydroxylation is 4. The molecule has 0 aliphatic carbocycles. The molecular weight excluding hydrogens is 564 g/mol. The molecule has 0 heterocycles. The maximum absolute atomic E-state index is 14.0. The van der Waals surface area contributed by atoms with Gasteiger partial charge in [0.2, 0.25) is 5.91 Å². The molecular formula is C27H30BrClN2O4S. The first-order valence-electron chi connectivity index (χ1n) is 11.6. The molecule has 1 amide bonds. The van der Waals surface area contributed by atoms with Gasteiger partial charge >= 0.3 is 0 Å². The van der Waals surface area contributed by atoms with Crippen molar-refractivity contribution in [1.29, 1.82) is 0 Å². The first kappa shape index (κ1) is 28.0. The quantitative estimate of drug-likeness (QED) is 0.300. The Morgan fingerprint density at radius 3 is 2.22 bits per heavy atom. The van der Waals surface area contributed by atoms with Gasteiger partial charge in [0.15, 0.2) is 0 Å². The predicted molar refractivity (Wildman–Crippen MR) is 150 cm³/mol. The number of hydrogen-bond donors (Lipinski definition) is 1. The average molecular weight is 594 g/mol. The van der Waals surface area contributed by atoms with Crippen molar-refractivity contribution in [1.82, 2.24) is 0 Å². The van der Waals surface area contributed by atoms with Gasteiger partial charge in [-0.2, -0.15) is 0 Å². The largest absolute Gasteiger partial charge is 0.495 e. The van der Waals surface area contributed by atoms with Gasteiger partial charge in [0, 0.05) is 15.2 Å². The molecule has 0 bridgehead atoms. The predicted octanol–water partition coefficient (Wildman–Crippen LogP) is 6.69. The van der Waals surface area contributed by atoms with Crippen LogP contribution in [0.3, 0.4) is 0 Å². The number of hydrogen-bond acceptors (Lipinski definition) is 4. The monoisotopic (exact) mass is 592 g/mol. The number of carbonyl (C=O) groups is 1. The molecule has 0 aromatic heterocycles. The molecule has 192 valence electrons. The van der Waals surface area contributed by atoms with Crippen molar-refractivity contribution in [3.05, 3.63) is 80.3 Å².